The molecule has 0 bridgehead atoms. The summed E-state index contributed by atoms with van der Waals surface area (Å²) in [6.07, 6.45) is 11.1. The van der Waals surface area contributed by atoms with E-state index >= 15 is 0 Å². The lowest BCUT2D eigenvalue weighted by Gasteiger charge is -2.43. The van der Waals surface area contributed by atoms with Crippen molar-refractivity contribution in [2.75, 3.05) is 26.3 Å². The fraction of sp³-hybridized carbons (Fsp3) is 0.474. The van der Waals surface area contributed by atoms with Gasteiger partial charge in [0.25, 0.3) is 5.91 Å². The third-order valence-corrected chi connectivity index (χ3v) is 5.26. The summed E-state index contributed by atoms with van der Waals surface area (Å²) in [5.41, 5.74) is 0.0453. The molecule has 1 amide bonds. The Labute approximate surface area is 152 Å². The predicted molar refractivity (Wildman–Crippen MR) is 93.7 cm³/mol. The monoisotopic (exact) mass is 354 g/mol. The molecule has 2 fully saturated rings. The molecule has 0 N–H and O–H groups in total. The molecule has 2 aromatic heterocycles. The number of carbonyl (C=O) groups excluding carboxylic acids is 1. The van der Waals surface area contributed by atoms with Crippen LogP contribution >= 0.6 is 0 Å². The van der Waals surface area contributed by atoms with E-state index in [1.165, 1.54) is 6.20 Å². The third kappa shape index (κ3) is 3.39. The molecule has 136 valence electrons. The SMILES string of the molecule is O=C(c1cnccn1)N1CCO[C@]2(CCC[C@H]2COc2cccnc2)C1. The van der Waals surface area contributed by atoms with Gasteiger partial charge in [-0.2, -0.15) is 0 Å². The van der Waals surface area contributed by atoms with E-state index < -0.39 is 0 Å². The Morgan fingerprint density at radius 2 is 2.23 bits per heavy atom. The first kappa shape index (κ1) is 16.9. The molecule has 7 nitrogen and oxygen atoms in total. The maximum absolute atomic E-state index is 12.8. The van der Waals surface area contributed by atoms with Crippen molar-refractivity contribution in [3.05, 3.63) is 48.8 Å². The van der Waals surface area contributed by atoms with E-state index in [2.05, 4.69) is 15.0 Å². The summed E-state index contributed by atoms with van der Waals surface area (Å²) >= 11 is 0. The number of ether oxygens (including phenoxy) is 2. The maximum Gasteiger partial charge on any atom is 0.274 e. The van der Waals surface area contributed by atoms with Crippen LogP contribution in [-0.2, 0) is 4.74 Å². The van der Waals surface area contributed by atoms with Crippen LogP contribution in [-0.4, -0.2) is 57.7 Å². The standard InChI is InChI=1S/C19H22N4O3/c24-18(17-12-21-7-8-22-17)23-9-10-26-19(14-23)5-1-3-15(19)13-25-16-4-2-6-20-11-16/h2,4,6-8,11-12,15H,1,3,5,9-10,13-14H2/t15-,19+/m0/s1. The number of hydrogen-bond donors (Lipinski definition) is 0. The molecule has 7 heteroatoms. The van der Waals surface area contributed by atoms with E-state index in [0.717, 1.165) is 25.0 Å². The number of carbonyl (C=O) groups is 1. The maximum atomic E-state index is 12.8. The molecular weight excluding hydrogens is 332 g/mol. The van der Waals surface area contributed by atoms with Crippen molar-refractivity contribution in [3.8, 4) is 5.75 Å². The molecule has 2 aliphatic rings. The van der Waals surface area contributed by atoms with Gasteiger partial charge in [-0.25, -0.2) is 4.98 Å². The number of pyridine rings is 1. The van der Waals surface area contributed by atoms with Gasteiger partial charge in [0.15, 0.2) is 0 Å². The molecule has 1 spiro atoms. The van der Waals surface area contributed by atoms with Crippen LogP contribution in [0, 0.1) is 5.92 Å². The lowest BCUT2D eigenvalue weighted by Crippen LogP contribution is -2.56. The van der Waals surface area contributed by atoms with Crippen LogP contribution in [0.15, 0.2) is 43.1 Å². The van der Waals surface area contributed by atoms with Crippen LogP contribution in [0.2, 0.25) is 0 Å². The molecule has 4 rings (SSSR count). The van der Waals surface area contributed by atoms with Gasteiger partial charge in [-0.15, -0.1) is 0 Å². The first-order chi connectivity index (χ1) is 12.8. The van der Waals surface area contributed by atoms with Gasteiger partial charge >= 0.3 is 0 Å². The highest BCUT2D eigenvalue weighted by Crippen LogP contribution is 2.41. The highest BCUT2D eigenvalue weighted by molar-refractivity contribution is 5.92. The Bertz CT molecular complexity index is 743. The van der Waals surface area contributed by atoms with Crippen LogP contribution in [0.3, 0.4) is 0 Å². The normalized spacial score (nSPS) is 25.4. The molecule has 26 heavy (non-hydrogen) atoms. The smallest absolute Gasteiger partial charge is 0.274 e. The van der Waals surface area contributed by atoms with E-state index in [4.69, 9.17) is 9.47 Å². The van der Waals surface area contributed by atoms with Gasteiger partial charge in [0.2, 0.25) is 0 Å². The number of aromatic nitrogens is 3. The second-order valence-electron chi connectivity index (χ2n) is 6.82. The Morgan fingerprint density at radius 3 is 3.04 bits per heavy atom. The van der Waals surface area contributed by atoms with Gasteiger partial charge in [-0.3, -0.25) is 14.8 Å². The molecule has 2 aromatic rings. The Morgan fingerprint density at radius 1 is 1.31 bits per heavy atom. The summed E-state index contributed by atoms with van der Waals surface area (Å²) in [6.45, 7) is 2.26. The number of hydrogen-bond acceptors (Lipinski definition) is 6. The minimum atomic E-state index is -0.335. The topological polar surface area (TPSA) is 77.4 Å². The van der Waals surface area contributed by atoms with Gasteiger partial charge < -0.3 is 14.4 Å². The third-order valence-electron chi connectivity index (χ3n) is 5.26. The molecule has 1 saturated carbocycles. The summed E-state index contributed by atoms with van der Waals surface area (Å²) in [6, 6.07) is 3.76. The van der Waals surface area contributed by atoms with Crippen molar-refractivity contribution < 1.29 is 14.3 Å². The van der Waals surface area contributed by atoms with E-state index in [1.807, 2.05) is 17.0 Å². The summed E-state index contributed by atoms with van der Waals surface area (Å²) in [7, 11) is 0. The molecule has 0 aromatic carbocycles. The van der Waals surface area contributed by atoms with Gasteiger partial charge in [0, 0.05) is 31.1 Å². The molecule has 3 heterocycles. The fourth-order valence-electron chi connectivity index (χ4n) is 3.93. The van der Waals surface area contributed by atoms with E-state index in [-0.39, 0.29) is 17.4 Å². The summed E-state index contributed by atoms with van der Waals surface area (Å²) in [5, 5.41) is 0. The summed E-state index contributed by atoms with van der Waals surface area (Å²) in [5.74, 6) is 0.928. The van der Waals surface area contributed by atoms with E-state index in [9.17, 15) is 4.79 Å². The number of rotatable bonds is 4. The van der Waals surface area contributed by atoms with Crippen molar-refractivity contribution >= 4 is 5.91 Å². The first-order valence-electron chi connectivity index (χ1n) is 8.99. The summed E-state index contributed by atoms with van der Waals surface area (Å²) < 4.78 is 12.1. The minimum Gasteiger partial charge on any atom is -0.492 e. The number of nitrogens with zero attached hydrogens (tertiary/aromatic N) is 4. The molecule has 0 unspecified atom stereocenters. The van der Waals surface area contributed by atoms with Crippen molar-refractivity contribution in [2.24, 2.45) is 5.92 Å². The van der Waals surface area contributed by atoms with Crippen molar-refractivity contribution in [2.45, 2.75) is 24.9 Å². The zero-order valence-electron chi connectivity index (χ0n) is 14.6. The highest BCUT2D eigenvalue weighted by Gasteiger charge is 2.48. The van der Waals surface area contributed by atoms with E-state index in [0.29, 0.717) is 32.0 Å². The molecular formula is C19H22N4O3. The van der Waals surface area contributed by atoms with E-state index in [1.54, 1.807) is 24.8 Å². The lowest BCUT2D eigenvalue weighted by atomic mass is 9.89. The quantitative estimate of drug-likeness (QED) is 0.835. The second kappa shape index (κ2) is 7.37. The van der Waals surface area contributed by atoms with Gasteiger partial charge in [0.05, 0.1) is 37.8 Å². The van der Waals surface area contributed by atoms with Crippen LogP contribution in [0.5, 0.6) is 5.75 Å². The Kier molecular flexibility index (Phi) is 4.79. The zero-order valence-corrected chi connectivity index (χ0v) is 14.6. The Balaban J connectivity index is 1.45. The molecule has 1 aliphatic heterocycles. The van der Waals surface area contributed by atoms with Crippen LogP contribution in [0.4, 0.5) is 0 Å². The van der Waals surface area contributed by atoms with Gasteiger partial charge in [-0.1, -0.05) is 0 Å². The van der Waals surface area contributed by atoms with Crippen LogP contribution < -0.4 is 4.74 Å². The van der Waals surface area contributed by atoms with Gasteiger partial charge in [0.1, 0.15) is 11.4 Å². The van der Waals surface area contributed by atoms with Crippen molar-refractivity contribution in [1.82, 2.24) is 19.9 Å². The van der Waals surface area contributed by atoms with Gasteiger partial charge in [-0.05, 0) is 31.4 Å². The molecule has 1 aliphatic carbocycles. The average molecular weight is 354 g/mol. The highest BCUT2D eigenvalue weighted by atomic mass is 16.5. The van der Waals surface area contributed by atoms with Crippen LogP contribution in [0.25, 0.3) is 0 Å². The van der Waals surface area contributed by atoms with Crippen LogP contribution in [0.1, 0.15) is 29.8 Å². The summed E-state index contributed by atoms with van der Waals surface area (Å²) in [4.78, 5) is 26.8. The second-order valence-corrected chi connectivity index (χ2v) is 6.82. The molecule has 0 radical (unpaired) electrons. The van der Waals surface area contributed by atoms with Crippen molar-refractivity contribution in [1.29, 1.82) is 0 Å². The predicted octanol–water partition coefficient (Wildman–Crippen LogP) is 1.96. The lowest BCUT2D eigenvalue weighted by molar-refractivity contribution is -0.126. The number of amides is 1. The Hall–Kier alpha value is -2.54. The minimum absolute atomic E-state index is 0.0837. The van der Waals surface area contributed by atoms with Crippen molar-refractivity contribution in [3.63, 3.8) is 0 Å². The largest absolute Gasteiger partial charge is 0.492 e. The fourth-order valence-corrected chi connectivity index (χ4v) is 3.93. The zero-order chi connectivity index (χ0) is 17.8. The average Bonchev–Trinajstić information content (AvgIpc) is 3.08. The first-order valence-corrected chi connectivity index (χ1v) is 8.99. The number of morpholine rings is 1. The molecule has 1 saturated heterocycles. The molecule has 2 atom stereocenters.